The van der Waals surface area contributed by atoms with Crippen molar-refractivity contribution in [3.8, 4) is 5.75 Å². The summed E-state index contributed by atoms with van der Waals surface area (Å²) in [6.45, 7) is -0.421. The van der Waals surface area contributed by atoms with E-state index in [4.69, 9.17) is 22.3 Å². The number of carboxylic acids is 2. The van der Waals surface area contributed by atoms with E-state index in [-0.39, 0.29) is 43.9 Å². The van der Waals surface area contributed by atoms with Crippen LogP contribution in [-0.4, -0.2) is 82.2 Å². The van der Waals surface area contributed by atoms with Crippen LogP contribution in [0, 0.1) is 0 Å². The number of carbonyl (C=O) groups is 5. The number of hydrogen-bond donors (Lipinski definition) is 9. The molecule has 0 fully saturated rings. The zero-order valence-electron chi connectivity index (χ0n) is 20.1. The van der Waals surface area contributed by atoms with E-state index in [1.807, 2.05) is 0 Å². The molecule has 1 aromatic rings. The Hall–Kier alpha value is -4.40. The fraction of sp³-hybridized carbons (Fsp3) is 0.455. The lowest BCUT2D eigenvalue weighted by atomic mass is 10.1. The standard InChI is InChI=1S/C22H33N7O8/c23-14(10-12-3-5-13(30)6-4-12)19(34)27-11-17(31)28-15(7-8-18(32)33)20(35)29-16(21(36)37)2-1-9-26-22(24)25/h3-6,14-16,30H,1-2,7-11,23H2,(H,27,34)(H,28,31)(H,29,35)(H,32,33)(H,36,37)(H4,24,25,26). The number of guanidine groups is 1. The highest BCUT2D eigenvalue weighted by atomic mass is 16.4. The number of rotatable bonds is 16. The third-order valence-corrected chi connectivity index (χ3v) is 5.01. The summed E-state index contributed by atoms with van der Waals surface area (Å²) in [4.78, 5) is 63.4. The first-order valence-electron chi connectivity index (χ1n) is 11.3. The predicted molar refractivity (Wildman–Crippen MR) is 131 cm³/mol. The number of nitrogens with two attached hydrogens (primary N) is 3. The number of phenols is 1. The van der Waals surface area contributed by atoms with Gasteiger partial charge < -0.3 is 48.5 Å². The fourth-order valence-corrected chi connectivity index (χ4v) is 3.09. The van der Waals surface area contributed by atoms with E-state index >= 15 is 0 Å². The molecule has 0 aliphatic carbocycles. The molecule has 15 nitrogen and oxygen atoms in total. The van der Waals surface area contributed by atoms with Crippen molar-refractivity contribution < 1.29 is 39.3 Å². The van der Waals surface area contributed by atoms with Gasteiger partial charge in [0.15, 0.2) is 5.96 Å². The Kier molecular flexibility index (Phi) is 12.9. The first kappa shape index (κ1) is 30.6. The first-order chi connectivity index (χ1) is 17.4. The van der Waals surface area contributed by atoms with E-state index < -0.39 is 60.8 Å². The predicted octanol–water partition coefficient (Wildman–Crippen LogP) is -2.65. The maximum Gasteiger partial charge on any atom is 0.326 e. The number of aromatic hydroxyl groups is 1. The molecule has 0 aromatic heterocycles. The Bertz CT molecular complexity index is 980. The average molecular weight is 524 g/mol. The molecule has 0 aliphatic heterocycles. The Balaban J connectivity index is 2.68. The van der Waals surface area contributed by atoms with E-state index in [1.165, 1.54) is 12.1 Å². The van der Waals surface area contributed by atoms with Crippen LogP contribution in [0.15, 0.2) is 29.3 Å². The van der Waals surface area contributed by atoms with Crippen LogP contribution in [-0.2, 0) is 30.4 Å². The highest BCUT2D eigenvalue weighted by Gasteiger charge is 2.27. The van der Waals surface area contributed by atoms with E-state index in [9.17, 15) is 34.2 Å². The lowest BCUT2D eigenvalue weighted by molar-refractivity contribution is -0.143. The Morgan fingerprint density at radius 3 is 2.14 bits per heavy atom. The molecule has 0 spiro atoms. The zero-order valence-corrected chi connectivity index (χ0v) is 20.1. The van der Waals surface area contributed by atoms with E-state index in [0.29, 0.717) is 5.56 Å². The van der Waals surface area contributed by atoms with Crippen molar-refractivity contribution in [1.82, 2.24) is 16.0 Å². The molecule has 1 rings (SSSR count). The van der Waals surface area contributed by atoms with Crippen molar-refractivity contribution >= 4 is 35.6 Å². The van der Waals surface area contributed by atoms with Crippen LogP contribution in [0.5, 0.6) is 5.75 Å². The molecule has 204 valence electrons. The number of phenolic OH excluding ortho intramolecular Hbond substituents is 1. The van der Waals surface area contributed by atoms with Gasteiger partial charge in [-0.15, -0.1) is 0 Å². The zero-order chi connectivity index (χ0) is 28.0. The molecule has 0 aliphatic rings. The van der Waals surface area contributed by atoms with Crippen molar-refractivity contribution in [2.45, 2.75) is 50.2 Å². The summed E-state index contributed by atoms with van der Waals surface area (Å²) >= 11 is 0. The van der Waals surface area contributed by atoms with Gasteiger partial charge in [-0.3, -0.25) is 24.2 Å². The second kappa shape index (κ2) is 15.6. The molecule has 1 aromatic carbocycles. The number of amides is 3. The van der Waals surface area contributed by atoms with Gasteiger partial charge in [-0.1, -0.05) is 12.1 Å². The number of hydrogen-bond acceptors (Lipinski definition) is 8. The molecule has 0 saturated heterocycles. The van der Waals surface area contributed by atoms with Crippen LogP contribution in [0.1, 0.15) is 31.2 Å². The van der Waals surface area contributed by atoms with Gasteiger partial charge in [0.05, 0.1) is 12.6 Å². The fourth-order valence-electron chi connectivity index (χ4n) is 3.09. The van der Waals surface area contributed by atoms with Gasteiger partial charge in [0.25, 0.3) is 0 Å². The summed E-state index contributed by atoms with van der Waals surface area (Å²) in [7, 11) is 0. The molecular weight excluding hydrogens is 490 g/mol. The van der Waals surface area contributed by atoms with Crippen molar-refractivity contribution in [3.63, 3.8) is 0 Å². The second-order valence-electron chi connectivity index (χ2n) is 8.10. The SMILES string of the molecule is NC(N)=NCCCC(NC(=O)C(CCC(=O)O)NC(=O)CNC(=O)C(N)Cc1ccc(O)cc1)C(=O)O. The first-order valence-corrected chi connectivity index (χ1v) is 11.3. The molecule has 0 saturated carbocycles. The van der Waals surface area contributed by atoms with Gasteiger partial charge in [-0.2, -0.15) is 0 Å². The topological polar surface area (TPSA) is 273 Å². The van der Waals surface area contributed by atoms with Crippen molar-refractivity contribution in [1.29, 1.82) is 0 Å². The summed E-state index contributed by atoms with van der Waals surface area (Å²) in [6.07, 6.45) is -0.451. The normalized spacial score (nSPS) is 12.9. The summed E-state index contributed by atoms with van der Waals surface area (Å²) in [5, 5.41) is 34.5. The van der Waals surface area contributed by atoms with Gasteiger partial charge in [0, 0.05) is 13.0 Å². The quantitative estimate of drug-likeness (QED) is 0.0613. The van der Waals surface area contributed by atoms with Gasteiger partial charge in [-0.25, -0.2) is 4.79 Å². The number of nitrogens with zero attached hydrogens (tertiary/aromatic N) is 1. The highest BCUT2D eigenvalue weighted by molar-refractivity contribution is 5.92. The maximum absolute atomic E-state index is 12.6. The summed E-state index contributed by atoms with van der Waals surface area (Å²) in [5.74, 6) is -5.04. The maximum atomic E-state index is 12.6. The number of aliphatic imine (C=N–C) groups is 1. The van der Waals surface area contributed by atoms with Gasteiger partial charge in [0.1, 0.15) is 17.8 Å². The number of carboxylic acid groups (broad SMARTS) is 2. The molecule has 12 N–H and O–H groups in total. The van der Waals surface area contributed by atoms with Crippen molar-refractivity contribution in [2.24, 2.45) is 22.2 Å². The summed E-state index contributed by atoms with van der Waals surface area (Å²) in [6, 6.07) is 2.36. The number of carbonyl (C=O) groups excluding carboxylic acids is 3. The minimum Gasteiger partial charge on any atom is -0.508 e. The lowest BCUT2D eigenvalue weighted by Crippen LogP contribution is -2.54. The Labute approximate surface area is 212 Å². The highest BCUT2D eigenvalue weighted by Crippen LogP contribution is 2.11. The number of aliphatic carboxylic acids is 2. The molecule has 3 amide bonds. The van der Waals surface area contributed by atoms with Crippen molar-refractivity contribution in [3.05, 3.63) is 29.8 Å². The smallest absolute Gasteiger partial charge is 0.326 e. The molecule has 0 heterocycles. The monoisotopic (exact) mass is 523 g/mol. The van der Waals surface area contributed by atoms with Crippen LogP contribution in [0.4, 0.5) is 0 Å². The molecule has 3 unspecified atom stereocenters. The third-order valence-electron chi connectivity index (χ3n) is 5.01. The van der Waals surface area contributed by atoms with Crippen LogP contribution in [0.3, 0.4) is 0 Å². The molecular formula is C22H33N7O8. The van der Waals surface area contributed by atoms with Crippen molar-refractivity contribution in [2.75, 3.05) is 13.1 Å². The van der Waals surface area contributed by atoms with Crippen LogP contribution in [0.2, 0.25) is 0 Å². The Morgan fingerprint density at radius 2 is 1.57 bits per heavy atom. The van der Waals surface area contributed by atoms with Gasteiger partial charge in [0.2, 0.25) is 17.7 Å². The average Bonchev–Trinajstić information content (AvgIpc) is 2.82. The van der Waals surface area contributed by atoms with Crippen LogP contribution < -0.4 is 33.2 Å². The minimum absolute atomic E-state index is 0.0214. The summed E-state index contributed by atoms with van der Waals surface area (Å²) in [5.41, 5.74) is 16.9. The molecule has 37 heavy (non-hydrogen) atoms. The second-order valence-corrected chi connectivity index (χ2v) is 8.10. The van der Waals surface area contributed by atoms with Gasteiger partial charge in [-0.05, 0) is 43.4 Å². The lowest BCUT2D eigenvalue weighted by Gasteiger charge is -2.21. The molecule has 15 heteroatoms. The van der Waals surface area contributed by atoms with Gasteiger partial charge >= 0.3 is 11.9 Å². The third kappa shape index (κ3) is 12.7. The van der Waals surface area contributed by atoms with Crippen LogP contribution >= 0.6 is 0 Å². The van der Waals surface area contributed by atoms with E-state index in [1.54, 1.807) is 12.1 Å². The molecule has 0 bridgehead atoms. The molecule has 3 atom stereocenters. The molecule has 0 radical (unpaired) electrons. The largest absolute Gasteiger partial charge is 0.508 e. The van der Waals surface area contributed by atoms with E-state index in [0.717, 1.165) is 0 Å². The number of benzene rings is 1. The van der Waals surface area contributed by atoms with Crippen LogP contribution in [0.25, 0.3) is 0 Å². The Morgan fingerprint density at radius 1 is 0.919 bits per heavy atom. The number of nitrogens with one attached hydrogen (secondary N) is 3. The minimum atomic E-state index is -1.37. The summed E-state index contributed by atoms with van der Waals surface area (Å²) < 4.78 is 0. The van der Waals surface area contributed by atoms with E-state index in [2.05, 4.69) is 20.9 Å².